The highest BCUT2D eigenvalue weighted by molar-refractivity contribution is 9.10. The van der Waals surface area contributed by atoms with Crippen LogP contribution < -0.4 is 0 Å². The van der Waals surface area contributed by atoms with Crippen molar-refractivity contribution in [2.45, 2.75) is 19.4 Å². The SMILES string of the molecule is O=S1(=O)CCC(Cn2cnc3ccc(Br)cc32)CC1. The highest BCUT2D eigenvalue weighted by Gasteiger charge is 2.24. The van der Waals surface area contributed by atoms with E-state index in [0.717, 1.165) is 34.9 Å². The maximum Gasteiger partial charge on any atom is 0.150 e. The Morgan fingerprint density at radius 2 is 2.05 bits per heavy atom. The summed E-state index contributed by atoms with van der Waals surface area (Å²) in [6.07, 6.45) is 3.37. The van der Waals surface area contributed by atoms with E-state index >= 15 is 0 Å². The van der Waals surface area contributed by atoms with Gasteiger partial charge in [-0.3, -0.25) is 0 Å². The number of aromatic nitrogens is 2. The molecule has 0 bridgehead atoms. The Hall–Kier alpha value is -0.880. The number of fused-ring (bicyclic) bond motifs is 1. The van der Waals surface area contributed by atoms with Crippen LogP contribution in [0.3, 0.4) is 0 Å². The number of halogens is 1. The van der Waals surface area contributed by atoms with E-state index in [1.165, 1.54) is 0 Å². The van der Waals surface area contributed by atoms with Crippen molar-refractivity contribution >= 4 is 36.8 Å². The Bertz CT molecular complexity index is 695. The summed E-state index contributed by atoms with van der Waals surface area (Å²) in [4.78, 5) is 4.38. The first-order chi connectivity index (χ1) is 9.03. The molecule has 19 heavy (non-hydrogen) atoms. The normalized spacial score (nSPS) is 19.8. The molecule has 0 radical (unpaired) electrons. The minimum absolute atomic E-state index is 0.327. The highest BCUT2D eigenvalue weighted by Crippen LogP contribution is 2.24. The summed E-state index contributed by atoms with van der Waals surface area (Å²) in [5, 5.41) is 0. The molecule has 1 saturated heterocycles. The van der Waals surface area contributed by atoms with Crippen molar-refractivity contribution in [3.05, 3.63) is 29.0 Å². The van der Waals surface area contributed by atoms with E-state index < -0.39 is 9.84 Å². The van der Waals surface area contributed by atoms with Crippen molar-refractivity contribution in [3.63, 3.8) is 0 Å². The zero-order chi connectivity index (χ0) is 13.5. The Morgan fingerprint density at radius 3 is 2.79 bits per heavy atom. The largest absolute Gasteiger partial charge is 0.330 e. The maximum atomic E-state index is 11.4. The second-order valence-electron chi connectivity index (χ2n) is 5.13. The second-order valence-corrected chi connectivity index (χ2v) is 8.34. The number of nitrogens with zero attached hydrogens (tertiary/aromatic N) is 2. The molecule has 2 heterocycles. The zero-order valence-corrected chi connectivity index (χ0v) is 12.8. The monoisotopic (exact) mass is 342 g/mol. The van der Waals surface area contributed by atoms with E-state index in [2.05, 4.69) is 31.5 Å². The minimum Gasteiger partial charge on any atom is -0.330 e. The quantitative estimate of drug-likeness (QED) is 0.842. The van der Waals surface area contributed by atoms with Crippen LogP contribution >= 0.6 is 15.9 Å². The van der Waals surface area contributed by atoms with Gasteiger partial charge in [0.1, 0.15) is 9.84 Å². The Kier molecular flexibility index (Phi) is 3.39. The topological polar surface area (TPSA) is 52.0 Å². The summed E-state index contributed by atoms with van der Waals surface area (Å²) in [6.45, 7) is 0.850. The molecule has 1 aromatic heterocycles. The molecule has 0 atom stereocenters. The van der Waals surface area contributed by atoms with Crippen molar-refractivity contribution < 1.29 is 8.42 Å². The molecule has 3 rings (SSSR count). The van der Waals surface area contributed by atoms with Crippen LogP contribution in [0.5, 0.6) is 0 Å². The highest BCUT2D eigenvalue weighted by atomic mass is 79.9. The number of imidazole rings is 1. The Morgan fingerprint density at radius 1 is 1.32 bits per heavy atom. The molecule has 0 amide bonds. The van der Waals surface area contributed by atoms with Gasteiger partial charge in [-0.25, -0.2) is 13.4 Å². The fraction of sp³-hybridized carbons (Fsp3) is 0.462. The van der Waals surface area contributed by atoms with Crippen LogP contribution in [0.2, 0.25) is 0 Å². The van der Waals surface area contributed by atoms with E-state index in [9.17, 15) is 8.42 Å². The molecule has 0 unspecified atom stereocenters. The summed E-state index contributed by atoms with van der Waals surface area (Å²) >= 11 is 3.47. The Labute approximate surface area is 120 Å². The van der Waals surface area contributed by atoms with Gasteiger partial charge >= 0.3 is 0 Å². The lowest BCUT2D eigenvalue weighted by atomic mass is 10.0. The number of hydrogen-bond acceptors (Lipinski definition) is 3. The molecular weight excluding hydrogens is 328 g/mol. The summed E-state index contributed by atoms with van der Waals surface area (Å²) in [7, 11) is -2.78. The van der Waals surface area contributed by atoms with E-state index in [-0.39, 0.29) is 0 Å². The van der Waals surface area contributed by atoms with E-state index in [1.54, 1.807) is 0 Å². The third-order valence-electron chi connectivity index (χ3n) is 3.71. The number of rotatable bonds is 2. The first-order valence-corrected chi connectivity index (χ1v) is 8.96. The number of sulfone groups is 1. The van der Waals surface area contributed by atoms with Gasteiger partial charge in [0.05, 0.1) is 28.9 Å². The molecule has 1 aliphatic rings. The van der Waals surface area contributed by atoms with Gasteiger partial charge in [0.15, 0.2) is 0 Å². The second kappa shape index (κ2) is 4.90. The van der Waals surface area contributed by atoms with Gasteiger partial charge in [-0.15, -0.1) is 0 Å². The molecule has 2 aromatic rings. The van der Waals surface area contributed by atoms with E-state index in [4.69, 9.17) is 0 Å². The van der Waals surface area contributed by atoms with E-state index in [1.807, 2.05) is 18.5 Å². The molecule has 4 nitrogen and oxygen atoms in total. The first kappa shape index (κ1) is 13.1. The standard InChI is InChI=1S/C13H15BrN2O2S/c14-11-1-2-12-13(7-11)16(9-15-12)8-10-3-5-19(17,18)6-4-10/h1-2,7,9-10H,3-6,8H2. The summed E-state index contributed by atoms with van der Waals surface area (Å²) in [6, 6.07) is 6.02. The number of hydrogen-bond donors (Lipinski definition) is 0. The number of benzene rings is 1. The average Bonchev–Trinajstić information content (AvgIpc) is 2.75. The average molecular weight is 343 g/mol. The third-order valence-corrected chi connectivity index (χ3v) is 5.92. The molecule has 1 aromatic carbocycles. The molecular formula is C13H15BrN2O2S. The molecule has 6 heteroatoms. The summed E-state index contributed by atoms with van der Waals surface area (Å²) in [5.74, 6) is 1.09. The van der Waals surface area contributed by atoms with Crippen LogP contribution in [0.15, 0.2) is 29.0 Å². The third kappa shape index (κ3) is 2.84. The van der Waals surface area contributed by atoms with E-state index in [0.29, 0.717) is 17.4 Å². The predicted octanol–water partition coefficient (Wildman–Crippen LogP) is 2.62. The van der Waals surface area contributed by atoms with Crippen molar-refractivity contribution in [3.8, 4) is 0 Å². The zero-order valence-electron chi connectivity index (χ0n) is 10.4. The van der Waals surface area contributed by atoms with Crippen molar-refractivity contribution in [1.82, 2.24) is 9.55 Å². The fourth-order valence-electron chi connectivity index (χ4n) is 2.57. The molecule has 1 fully saturated rings. The summed E-state index contributed by atoms with van der Waals surface area (Å²) < 4.78 is 26.0. The fourth-order valence-corrected chi connectivity index (χ4v) is 4.51. The molecule has 0 aliphatic carbocycles. The van der Waals surface area contributed by atoms with Gasteiger partial charge in [-0.2, -0.15) is 0 Å². The van der Waals surface area contributed by atoms with Crippen LogP contribution in [-0.2, 0) is 16.4 Å². The summed E-state index contributed by atoms with van der Waals surface area (Å²) in [5.41, 5.74) is 2.08. The predicted molar refractivity (Wildman–Crippen MR) is 78.8 cm³/mol. The van der Waals surface area contributed by atoms with Gasteiger partial charge in [-0.05, 0) is 37.0 Å². The smallest absolute Gasteiger partial charge is 0.150 e. The van der Waals surface area contributed by atoms with Gasteiger partial charge in [-0.1, -0.05) is 15.9 Å². The van der Waals surface area contributed by atoms with Crippen molar-refractivity contribution in [2.75, 3.05) is 11.5 Å². The van der Waals surface area contributed by atoms with Gasteiger partial charge in [0.2, 0.25) is 0 Å². The lowest BCUT2D eigenvalue weighted by Gasteiger charge is -2.22. The van der Waals surface area contributed by atoms with Gasteiger partial charge < -0.3 is 4.57 Å². The minimum atomic E-state index is -2.78. The maximum absolute atomic E-state index is 11.4. The van der Waals surface area contributed by atoms with Crippen LogP contribution in [-0.4, -0.2) is 29.5 Å². The van der Waals surface area contributed by atoms with Crippen LogP contribution in [0.4, 0.5) is 0 Å². The van der Waals surface area contributed by atoms with Crippen molar-refractivity contribution in [2.24, 2.45) is 5.92 Å². The lowest BCUT2D eigenvalue weighted by molar-refractivity contribution is 0.409. The molecule has 1 aliphatic heterocycles. The van der Waals surface area contributed by atoms with Crippen molar-refractivity contribution in [1.29, 1.82) is 0 Å². The van der Waals surface area contributed by atoms with Gasteiger partial charge in [0, 0.05) is 11.0 Å². The molecule has 102 valence electrons. The molecule has 0 saturated carbocycles. The van der Waals surface area contributed by atoms with Crippen LogP contribution in [0, 0.1) is 5.92 Å². The Balaban J connectivity index is 1.80. The lowest BCUT2D eigenvalue weighted by Crippen LogP contribution is -2.25. The van der Waals surface area contributed by atoms with Crippen LogP contribution in [0.1, 0.15) is 12.8 Å². The van der Waals surface area contributed by atoms with Crippen LogP contribution in [0.25, 0.3) is 11.0 Å². The first-order valence-electron chi connectivity index (χ1n) is 6.34. The molecule has 0 N–H and O–H groups in total. The molecule has 0 spiro atoms. The van der Waals surface area contributed by atoms with Gasteiger partial charge in [0.25, 0.3) is 0 Å².